The van der Waals surface area contributed by atoms with Gasteiger partial charge in [0.2, 0.25) is 5.91 Å². The zero-order valence-corrected chi connectivity index (χ0v) is 16.7. The lowest BCUT2D eigenvalue weighted by Gasteiger charge is -2.27. The fourth-order valence-electron chi connectivity index (χ4n) is 4.20. The molecule has 0 unspecified atom stereocenters. The van der Waals surface area contributed by atoms with Gasteiger partial charge >= 0.3 is 11.9 Å². The average molecular weight is 394 g/mol. The number of esters is 1. The van der Waals surface area contributed by atoms with E-state index in [1.165, 1.54) is 11.3 Å². The number of carboxylic acid groups (broad SMARTS) is 1. The summed E-state index contributed by atoms with van der Waals surface area (Å²) < 4.78 is 5.23. The maximum Gasteiger partial charge on any atom is 0.341 e. The van der Waals surface area contributed by atoms with E-state index >= 15 is 0 Å². The molecule has 1 amide bonds. The van der Waals surface area contributed by atoms with Crippen LogP contribution in [-0.2, 0) is 27.2 Å². The van der Waals surface area contributed by atoms with Gasteiger partial charge in [0.05, 0.1) is 24.0 Å². The highest BCUT2D eigenvalue weighted by molar-refractivity contribution is 7.17. The van der Waals surface area contributed by atoms with E-state index in [1.807, 2.05) is 0 Å². The molecular weight excluding hydrogens is 366 g/mol. The number of carboxylic acids is 1. The number of ether oxygens (including phenoxy) is 1. The predicted molar refractivity (Wildman–Crippen MR) is 103 cm³/mol. The van der Waals surface area contributed by atoms with Crippen LogP contribution in [0.4, 0.5) is 5.00 Å². The quantitative estimate of drug-likeness (QED) is 0.741. The lowest BCUT2D eigenvalue weighted by Crippen LogP contribution is -2.36. The van der Waals surface area contributed by atoms with Crippen molar-refractivity contribution in [3.63, 3.8) is 0 Å². The van der Waals surface area contributed by atoms with Crippen LogP contribution in [0, 0.1) is 17.8 Å². The van der Waals surface area contributed by atoms with Gasteiger partial charge in [-0.05, 0) is 50.5 Å². The highest BCUT2D eigenvalue weighted by Crippen LogP contribution is 2.41. The summed E-state index contributed by atoms with van der Waals surface area (Å²) in [6.45, 7) is 4.22. The van der Waals surface area contributed by atoms with Gasteiger partial charge < -0.3 is 15.2 Å². The second-order valence-corrected chi connectivity index (χ2v) is 8.71. The Morgan fingerprint density at radius 1 is 1.19 bits per heavy atom. The minimum atomic E-state index is -0.917. The number of hydrogen-bond donors (Lipinski definition) is 2. The Labute approximate surface area is 163 Å². The molecule has 0 radical (unpaired) electrons. The smallest absolute Gasteiger partial charge is 0.341 e. The summed E-state index contributed by atoms with van der Waals surface area (Å²) in [7, 11) is 0. The van der Waals surface area contributed by atoms with Crippen LogP contribution >= 0.6 is 11.3 Å². The molecule has 27 heavy (non-hydrogen) atoms. The van der Waals surface area contributed by atoms with Gasteiger partial charge in [-0.2, -0.15) is 0 Å². The SMILES string of the molecule is CCOC(=O)c1c(NC(=O)[C@@H]2CCCC[C@@H]2C(=O)O)sc2c1CC[C@H](C)C2. The summed E-state index contributed by atoms with van der Waals surface area (Å²) in [4.78, 5) is 38.1. The van der Waals surface area contributed by atoms with Gasteiger partial charge in [-0.1, -0.05) is 19.8 Å². The van der Waals surface area contributed by atoms with Crippen LogP contribution in [0.5, 0.6) is 0 Å². The lowest BCUT2D eigenvalue weighted by molar-refractivity contribution is -0.147. The molecule has 0 spiro atoms. The number of carbonyl (C=O) groups is 3. The van der Waals surface area contributed by atoms with Crippen LogP contribution in [0.25, 0.3) is 0 Å². The Morgan fingerprint density at radius 3 is 2.56 bits per heavy atom. The topological polar surface area (TPSA) is 92.7 Å². The van der Waals surface area contributed by atoms with Crippen molar-refractivity contribution < 1.29 is 24.2 Å². The first-order chi connectivity index (χ1) is 12.9. The number of amides is 1. The minimum absolute atomic E-state index is 0.275. The van der Waals surface area contributed by atoms with E-state index < -0.39 is 23.8 Å². The molecular formula is C20H27NO5S. The molecule has 1 aromatic rings. The first kappa shape index (κ1) is 19.9. The lowest BCUT2D eigenvalue weighted by atomic mass is 9.78. The number of carbonyl (C=O) groups excluding carboxylic acids is 2. The molecule has 1 saturated carbocycles. The second kappa shape index (κ2) is 8.42. The summed E-state index contributed by atoms with van der Waals surface area (Å²) in [5, 5.41) is 12.9. The van der Waals surface area contributed by atoms with Crippen LogP contribution in [0.2, 0.25) is 0 Å². The van der Waals surface area contributed by atoms with Crippen LogP contribution < -0.4 is 5.32 Å². The number of thiophene rings is 1. The van der Waals surface area contributed by atoms with Crippen LogP contribution in [-0.4, -0.2) is 29.6 Å². The van der Waals surface area contributed by atoms with Crippen molar-refractivity contribution in [3.05, 3.63) is 16.0 Å². The van der Waals surface area contributed by atoms with Gasteiger partial charge in [-0.3, -0.25) is 9.59 Å². The van der Waals surface area contributed by atoms with E-state index in [-0.39, 0.29) is 12.5 Å². The monoisotopic (exact) mass is 393 g/mol. The third-order valence-electron chi connectivity index (χ3n) is 5.65. The predicted octanol–water partition coefficient (Wildman–Crippen LogP) is 3.88. The van der Waals surface area contributed by atoms with E-state index in [4.69, 9.17) is 4.74 Å². The zero-order valence-electron chi connectivity index (χ0n) is 15.9. The summed E-state index contributed by atoms with van der Waals surface area (Å²) in [5.41, 5.74) is 1.46. The van der Waals surface area contributed by atoms with E-state index in [9.17, 15) is 19.5 Å². The van der Waals surface area contributed by atoms with E-state index in [2.05, 4.69) is 12.2 Å². The zero-order chi connectivity index (χ0) is 19.6. The Balaban J connectivity index is 1.88. The first-order valence-electron chi connectivity index (χ1n) is 9.77. The molecule has 7 heteroatoms. The summed E-state index contributed by atoms with van der Waals surface area (Å²) in [6, 6.07) is 0. The van der Waals surface area contributed by atoms with Crippen molar-refractivity contribution in [3.8, 4) is 0 Å². The van der Waals surface area contributed by atoms with Crippen molar-refractivity contribution in [1.29, 1.82) is 0 Å². The van der Waals surface area contributed by atoms with Gasteiger partial charge in [0, 0.05) is 4.88 Å². The van der Waals surface area contributed by atoms with Gasteiger partial charge in [0.15, 0.2) is 0 Å². The minimum Gasteiger partial charge on any atom is -0.481 e. The highest BCUT2D eigenvalue weighted by Gasteiger charge is 2.37. The van der Waals surface area contributed by atoms with Gasteiger partial charge in [0.1, 0.15) is 5.00 Å². The van der Waals surface area contributed by atoms with Crippen LogP contribution in [0.1, 0.15) is 66.8 Å². The van der Waals surface area contributed by atoms with Crippen molar-refractivity contribution in [2.45, 2.75) is 58.8 Å². The van der Waals surface area contributed by atoms with Crippen molar-refractivity contribution in [1.82, 2.24) is 0 Å². The number of nitrogens with one attached hydrogen (secondary N) is 1. The third kappa shape index (κ3) is 4.18. The largest absolute Gasteiger partial charge is 0.481 e. The van der Waals surface area contributed by atoms with Crippen molar-refractivity contribution >= 4 is 34.2 Å². The van der Waals surface area contributed by atoms with Crippen LogP contribution in [0.3, 0.4) is 0 Å². The number of anilines is 1. The Kier molecular flexibility index (Phi) is 6.19. The van der Waals surface area contributed by atoms with E-state index in [1.54, 1.807) is 6.92 Å². The molecule has 1 heterocycles. The first-order valence-corrected chi connectivity index (χ1v) is 10.6. The summed E-state index contributed by atoms with van der Waals surface area (Å²) in [5.74, 6) is -2.27. The molecule has 2 aliphatic rings. The third-order valence-corrected chi connectivity index (χ3v) is 6.82. The molecule has 3 rings (SSSR count). The normalized spacial score (nSPS) is 24.7. The van der Waals surface area contributed by atoms with Gasteiger partial charge in [0.25, 0.3) is 0 Å². The van der Waals surface area contributed by atoms with Gasteiger partial charge in [-0.25, -0.2) is 4.79 Å². The van der Waals surface area contributed by atoms with Gasteiger partial charge in [-0.15, -0.1) is 11.3 Å². The molecule has 2 aliphatic carbocycles. The molecule has 1 fully saturated rings. The fourth-order valence-corrected chi connectivity index (χ4v) is 5.60. The summed E-state index contributed by atoms with van der Waals surface area (Å²) >= 11 is 1.44. The van der Waals surface area contributed by atoms with E-state index in [0.717, 1.165) is 42.5 Å². The fraction of sp³-hybridized carbons (Fsp3) is 0.650. The molecule has 0 bridgehead atoms. The summed E-state index contributed by atoms with van der Waals surface area (Å²) in [6.07, 6.45) is 5.48. The Morgan fingerprint density at radius 2 is 1.89 bits per heavy atom. The number of fused-ring (bicyclic) bond motifs is 1. The number of rotatable bonds is 5. The highest BCUT2D eigenvalue weighted by atomic mass is 32.1. The standard InChI is InChI=1S/C20H27NO5S/c1-3-26-20(25)16-14-9-8-11(2)10-15(14)27-18(16)21-17(22)12-6-4-5-7-13(12)19(23)24/h11-13H,3-10H2,1-2H3,(H,21,22)(H,23,24)/t11-,12+,13-/m0/s1. The molecule has 148 valence electrons. The number of hydrogen-bond acceptors (Lipinski definition) is 5. The molecule has 0 saturated heterocycles. The number of aliphatic carboxylic acids is 1. The second-order valence-electron chi connectivity index (χ2n) is 7.60. The average Bonchev–Trinajstić information content (AvgIpc) is 2.98. The Bertz CT molecular complexity index is 741. The molecule has 0 aromatic carbocycles. The molecule has 3 atom stereocenters. The van der Waals surface area contributed by atoms with Crippen molar-refractivity contribution in [2.75, 3.05) is 11.9 Å². The van der Waals surface area contributed by atoms with Crippen LogP contribution in [0.15, 0.2) is 0 Å². The van der Waals surface area contributed by atoms with Crippen molar-refractivity contribution in [2.24, 2.45) is 17.8 Å². The maximum atomic E-state index is 12.9. The molecule has 1 aromatic heterocycles. The maximum absolute atomic E-state index is 12.9. The molecule has 0 aliphatic heterocycles. The van der Waals surface area contributed by atoms with E-state index in [0.29, 0.717) is 29.3 Å². The molecule has 2 N–H and O–H groups in total. The Hall–Kier alpha value is -1.89. The molecule has 6 nitrogen and oxygen atoms in total.